The van der Waals surface area contributed by atoms with Crippen LogP contribution in [-0.2, 0) is 14.4 Å². The van der Waals surface area contributed by atoms with Gasteiger partial charge in [-0.2, -0.15) is 0 Å². The maximum atomic E-state index is 11.5. The highest BCUT2D eigenvalue weighted by Crippen LogP contribution is 2.18. The predicted octanol–water partition coefficient (Wildman–Crippen LogP) is -0.164. The molecule has 1 fully saturated rings. The number of carboxylic acids is 1. The van der Waals surface area contributed by atoms with Crippen LogP contribution < -0.4 is 5.32 Å². The quantitative estimate of drug-likeness (QED) is 0.701. The zero-order valence-corrected chi connectivity index (χ0v) is 9.94. The Labute approximate surface area is 100.0 Å². The van der Waals surface area contributed by atoms with Crippen molar-refractivity contribution in [3.05, 3.63) is 0 Å². The number of nitrogens with zero attached hydrogens (tertiary/aromatic N) is 1. The van der Waals surface area contributed by atoms with E-state index >= 15 is 0 Å². The lowest BCUT2D eigenvalue weighted by Gasteiger charge is -2.30. The first-order valence-electron chi connectivity index (χ1n) is 5.75. The van der Waals surface area contributed by atoms with Crippen LogP contribution in [0.25, 0.3) is 0 Å². The van der Waals surface area contributed by atoms with E-state index in [0.717, 1.165) is 0 Å². The van der Waals surface area contributed by atoms with Crippen molar-refractivity contribution in [3.8, 4) is 0 Å². The summed E-state index contributed by atoms with van der Waals surface area (Å²) in [6.07, 6.45) is 1.63. The van der Waals surface area contributed by atoms with Gasteiger partial charge in [-0.15, -0.1) is 0 Å². The largest absolute Gasteiger partial charge is 0.481 e. The average molecular weight is 242 g/mol. The molecule has 0 radical (unpaired) electrons. The molecular weight excluding hydrogens is 224 g/mol. The van der Waals surface area contributed by atoms with Crippen LogP contribution in [-0.4, -0.2) is 47.9 Å². The molecule has 0 aromatic rings. The number of hydrogen-bond acceptors (Lipinski definition) is 3. The molecule has 0 saturated carbocycles. The molecule has 1 aliphatic heterocycles. The first-order chi connectivity index (χ1) is 8.04. The van der Waals surface area contributed by atoms with Crippen LogP contribution in [0.5, 0.6) is 0 Å². The Balaban J connectivity index is 2.37. The topological polar surface area (TPSA) is 86.7 Å². The molecule has 96 valence electrons. The Morgan fingerprint density at radius 1 is 1.53 bits per heavy atom. The molecular formula is C11H18N2O4. The highest BCUT2D eigenvalue weighted by Gasteiger charge is 2.29. The van der Waals surface area contributed by atoms with Crippen molar-refractivity contribution < 1.29 is 19.5 Å². The van der Waals surface area contributed by atoms with Gasteiger partial charge in [-0.3, -0.25) is 14.4 Å². The molecule has 1 saturated heterocycles. The number of nitrogens with one attached hydrogen (secondary N) is 1. The molecule has 0 aromatic carbocycles. The number of aliphatic carboxylic acids is 1. The van der Waals surface area contributed by atoms with Gasteiger partial charge in [-0.25, -0.2) is 0 Å². The summed E-state index contributed by atoms with van der Waals surface area (Å²) >= 11 is 0. The molecule has 1 heterocycles. The summed E-state index contributed by atoms with van der Waals surface area (Å²) in [6, 6.07) is 0. The van der Waals surface area contributed by atoms with E-state index in [9.17, 15) is 14.4 Å². The maximum Gasteiger partial charge on any atom is 0.308 e. The molecule has 1 rings (SSSR count). The third-order valence-corrected chi connectivity index (χ3v) is 2.96. The van der Waals surface area contributed by atoms with E-state index in [1.807, 2.05) is 0 Å². The van der Waals surface area contributed by atoms with E-state index in [2.05, 4.69) is 5.32 Å². The smallest absolute Gasteiger partial charge is 0.308 e. The summed E-state index contributed by atoms with van der Waals surface area (Å²) in [4.78, 5) is 34.9. The zero-order chi connectivity index (χ0) is 12.8. The first kappa shape index (κ1) is 13.5. The number of carbonyl (C=O) groups excluding carboxylic acids is 2. The molecule has 0 aliphatic carbocycles. The van der Waals surface area contributed by atoms with Crippen molar-refractivity contribution >= 4 is 17.8 Å². The minimum absolute atomic E-state index is 0.0144. The lowest BCUT2D eigenvalue weighted by Crippen LogP contribution is -2.43. The number of amides is 2. The Morgan fingerprint density at radius 2 is 2.24 bits per heavy atom. The van der Waals surface area contributed by atoms with Gasteiger partial charge in [0.05, 0.1) is 5.92 Å². The molecule has 0 spiro atoms. The average Bonchev–Trinajstić information content (AvgIpc) is 2.30. The van der Waals surface area contributed by atoms with Crippen LogP contribution in [0.4, 0.5) is 0 Å². The normalized spacial score (nSPS) is 20.2. The summed E-state index contributed by atoms with van der Waals surface area (Å²) in [5.74, 6) is -1.40. The Kier molecular flexibility index (Phi) is 4.93. The van der Waals surface area contributed by atoms with Crippen LogP contribution >= 0.6 is 0 Å². The molecule has 1 unspecified atom stereocenters. The molecule has 1 aliphatic rings. The molecule has 6 nitrogen and oxygen atoms in total. The van der Waals surface area contributed by atoms with Gasteiger partial charge in [0.2, 0.25) is 11.8 Å². The van der Waals surface area contributed by atoms with Crippen molar-refractivity contribution in [3.63, 3.8) is 0 Å². The standard InChI is InChI=1S/C11H18N2O4/c1-12-9(14)3-2-6-13-7-8(11(16)17)4-5-10(13)15/h8H,2-7H2,1H3,(H,12,14)(H,16,17). The molecule has 17 heavy (non-hydrogen) atoms. The summed E-state index contributed by atoms with van der Waals surface area (Å²) in [5, 5.41) is 11.4. The Hall–Kier alpha value is -1.59. The van der Waals surface area contributed by atoms with E-state index < -0.39 is 11.9 Å². The predicted molar refractivity (Wildman–Crippen MR) is 60.2 cm³/mol. The van der Waals surface area contributed by atoms with Gasteiger partial charge < -0.3 is 15.3 Å². The van der Waals surface area contributed by atoms with Gasteiger partial charge >= 0.3 is 5.97 Å². The molecule has 0 bridgehead atoms. The second kappa shape index (κ2) is 6.22. The van der Waals surface area contributed by atoms with Gasteiger partial charge in [0, 0.05) is 33.0 Å². The molecule has 0 aromatic heterocycles. The van der Waals surface area contributed by atoms with Crippen LogP contribution in [0, 0.1) is 5.92 Å². The summed E-state index contributed by atoms with van der Waals surface area (Å²) in [7, 11) is 1.56. The first-order valence-corrected chi connectivity index (χ1v) is 5.75. The maximum absolute atomic E-state index is 11.5. The minimum Gasteiger partial charge on any atom is -0.481 e. The lowest BCUT2D eigenvalue weighted by atomic mass is 9.97. The van der Waals surface area contributed by atoms with Crippen molar-refractivity contribution in [2.45, 2.75) is 25.7 Å². The van der Waals surface area contributed by atoms with E-state index in [1.54, 1.807) is 11.9 Å². The van der Waals surface area contributed by atoms with Crippen molar-refractivity contribution in [1.29, 1.82) is 0 Å². The van der Waals surface area contributed by atoms with Crippen LogP contribution in [0.2, 0.25) is 0 Å². The second-order valence-electron chi connectivity index (χ2n) is 4.19. The van der Waals surface area contributed by atoms with Gasteiger partial charge in [0.1, 0.15) is 0 Å². The summed E-state index contributed by atoms with van der Waals surface area (Å²) in [5.41, 5.74) is 0. The number of rotatable bonds is 5. The molecule has 2 amide bonds. The van der Waals surface area contributed by atoms with Gasteiger partial charge in [-0.05, 0) is 12.8 Å². The minimum atomic E-state index is -0.853. The zero-order valence-electron chi connectivity index (χ0n) is 9.94. The van der Waals surface area contributed by atoms with Gasteiger partial charge in [0.15, 0.2) is 0 Å². The van der Waals surface area contributed by atoms with E-state index in [4.69, 9.17) is 5.11 Å². The van der Waals surface area contributed by atoms with Gasteiger partial charge in [-0.1, -0.05) is 0 Å². The van der Waals surface area contributed by atoms with E-state index in [-0.39, 0.29) is 24.8 Å². The third kappa shape index (κ3) is 4.05. The summed E-state index contributed by atoms with van der Waals surface area (Å²) < 4.78 is 0. The SMILES string of the molecule is CNC(=O)CCCN1CC(C(=O)O)CCC1=O. The monoisotopic (exact) mass is 242 g/mol. The highest BCUT2D eigenvalue weighted by atomic mass is 16.4. The number of carbonyl (C=O) groups is 3. The van der Waals surface area contributed by atoms with E-state index in [1.165, 1.54) is 0 Å². The summed E-state index contributed by atoms with van der Waals surface area (Å²) in [6.45, 7) is 0.720. The number of piperidine rings is 1. The fraction of sp³-hybridized carbons (Fsp3) is 0.727. The number of carboxylic acid groups (broad SMARTS) is 1. The van der Waals surface area contributed by atoms with E-state index in [0.29, 0.717) is 25.8 Å². The third-order valence-electron chi connectivity index (χ3n) is 2.96. The molecule has 2 N–H and O–H groups in total. The van der Waals surface area contributed by atoms with Crippen molar-refractivity contribution in [1.82, 2.24) is 10.2 Å². The highest BCUT2D eigenvalue weighted by molar-refractivity contribution is 5.80. The van der Waals surface area contributed by atoms with Gasteiger partial charge in [0.25, 0.3) is 0 Å². The van der Waals surface area contributed by atoms with Crippen molar-refractivity contribution in [2.75, 3.05) is 20.1 Å². The Morgan fingerprint density at radius 3 is 2.82 bits per heavy atom. The Bertz CT molecular complexity index is 317. The van der Waals surface area contributed by atoms with Crippen LogP contribution in [0.3, 0.4) is 0 Å². The second-order valence-corrected chi connectivity index (χ2v) is 4.19. The number of likely N-dealkylation sites (tertiary alicyclic amines) is 1. The van der Waals surface area contributed by atoms with Crippen molar-refractivity contribution in [2.24, 2.45) is 5.92 Å². The lowest BCUT2D eigenvalue weighted by molar-refractivity contribution is -0.147. The fourth-order valence-corrected chi connectivity index (χ4v) is 1.89. The molecule has 6 heteroatoms. The van der Waals surface area contributed by atoms with Crippen LogP contribution in [0.1, 0.15) is 25.7 Å². The van der Waals surface area contributed by atoms with Crippen LogP contribution in [0.15, 0.2) is 0 Å². The fourth-order valence-electron chi connectivity index (χ4n) is 1.89. The molecule has 1 atom stereocenters. The number of hydrogen-bond donors (Lipinski definition) is 2.